The number of nitrogens with zero attached hydrogens (tertiary/aromatic N) is 1. The molecular formula is C36H67Cl2N3O3. The van der Waals surface area contributed by atoms with E-state index in [-0.39, 0.29) is 30.2 Å². The van der Waals surface area contributed by atoms with Crippen LogP contribution in [-0.4, -0.2) is 54.5 Å². The zero-order chi connectivity index (χ0) is 30.5. The van der Waals surface area contributed by atoms with E-state index in [1.807, 2.05) is 0 Å². The van der Waals surface area contributed by atoms with Crippen molar-refractivity contribution in [2.75, 3.05) is 32.7 Å². The first kappa shape index (κ1) is 39.6. The molecule has 0 aromatic carbocycles. The number of halogens is 2. The molecule has 8 heteroatoms. The van der Waals surface area contributed by atoms with E-state index in [1.165, 1.54) is 56.9 Å². The second-order valence-electron chi connectivity index (χ2n) is 15.9. The standard InChI is InChI=1S/C36H65N3O3.2ClH/c1-26(2)9-6-10-27(3)30-13-14-31-29-12-11-28-25-36(42-33(40)41,19-24-39(22-7-20-37)23-8-21-38)18-17-34(28,4)32(29)15-16-35(30,31)5;;/h11,26-27,29-32H,6-10,12-25,37-38H2,1-5H3,(H,40,41);2*1H/t27-,29?,30-,31?,32?,34+,35-,36?;;/m1../s1. The van der Waals surface area contributed by atoms with Gasteiger partial charge in [-0.1, -0.05) is 65.5 Å². The van der Waals surface area contributed by atoms with Gasteiger partial charge in [0, 0.05) is 19.4 Å². The first-order valence-corrected chi connectivity index (χ1v) is 17.7. The number of carbonyl (C=O) groups is 1. The lowest BCUT2D eigenvalue weighted by atomic mass is 9.46. The molecule has 3 fully saturated rings. The summed E-state index contributed by atoms with van der Waals surface area (Å²) in [5, 5.41) is 9.82. The van der Waals surface area contributed by atoms with Gasteiger partial charge in [-0.15, -0.1) is 24.8 Å². The predicted molar refractivity (Wildman–Crippen MR) is 188 cm³/mol. The number of carboxylic acid groups (broad SMARTS) is 1. The Morgan fingerprint density at radius 3 is 2.25 bits per heavy atom. The molecule has 3 saturated carbocycles. The van der Waals surface area contributed by atoms with Crippen LogP contribution < -0.4 is 11.5 Å². The predicted octanol–water partition coefficient (Wildman–Crippen LogP) is 8.69. The third-order valence-corrected chi connectivity index (χ3v) is 13.0. The van der Waals surface area contributed by atoms with Crippen LogP contribution in [0.2, 0.25) is 0 Å². The first-order chi connectivity index (χ1) is 20.0. The molecule has 0 amide bonds. The highest BCUT2D eigenvalue weighted by Crippen LogP contribution is 2.68. The third kappa shape index (κ3) is 8.68. The van der Waals surface area contributed by atoms with Crippen molar-refractivity contribution in [2.45, 2.75) is 130 Å². The number of hydrogen-bond acceptors (Lipinski definition) is 5. The highest BCUT2D eigenvalue weighted by molar-refractivity contribution is 5.85. The maximum atomic E-state index is 12.0. The summed E-state index contributed by atoms with van der Waals surface area (Å²) in [4.78, 5) is 14.4. The molecule has 0 heterocycles. The Morgan fingerprint density at radius 1 is 0.955 bits per heavy atom. The average Bonchev–Trinajstić information content (AvgIpc) is 3.30. The maximum Gasteiger partial charge on any atom is 0.506 e. The Hall–Kier alpha value is -0.530. The minimum atomic E-state index is -1.13. The molecule has 0 aliphatic heterocycles. The largest absolute Gasteiger partial charge is 0.506 e. The Balaban J connectivity index is 0.00000337. The second kappa shape index (κ2) is 17.0. The van der Waals surface area contributed by atoms with Crippen molar-refractivity contribution < 1.29 is 14.6 Å². The minimum absolute atomic E-state index is 0. The van der Waals surface area contributed by atoms with Gasteiger partial charge in [0.2, 0.25) is 0 Å². The molecule has 0 aromatic heterocycles. The molecule has 0 aromatic rings. The average molecular weight is 661 g/mol. The fourth-order valence-corrected chi connectivity index (χ4v) is 10.6. The number of nitrogens with two attached hydrogens (primary N) is 2. The molecule has 4 rings (SSSR count). The van der Waals surface area contributed by atoms with E-state index in [0.717, 1.165) is 93.7 Å². The SMILES string of the molecule is CC(C)CCC[C@@H](C)[C@H]1CCC2C3CC=C4CC(CCN(CCCN)CCCN)(OC(=O)O)CC[C@]4(C)C3CC[C@@]21C.Cl.Cl. The minimum Gasteiger partial charge on any atom is -0.450 e. The number of ether oxygens (including phenoxy) is 1. The molecule has 0 saturated heterocycles. The zero-order valence-electron chi connectivity index (χ0n) is 28.7. The van der Waals surface area contributed by atoms with Crippen molar-refractivity contribution in [3.05, 3.63) is 11.6 Å². The zero-order valence-corrected chi connectivity index (χ0v) is 30.3. The lowest BCUT2D eigenvalue weighted by Gasteiger charge is -2.59. The molecule has 4 aliphatic rings. The van der Waals surface area contributed by atoms with Crippen molar-refractivity contribution in [3.63, 3.8) is 0 Å². The van der Waals surface area contributed by atoms with E-state index in [1.54, 1.807) is 0 Å². The highest BCUT2D eigenvalue weighted by Gasteiger charge is 2.60. The van der Waals surface area contributed by atoms with E-state index in [9.17, 15) is 9.90 Å². The summed E-state index contributed by atoms with van der Waals surface area (Å²) in [7, 11) is 0. The van der Waals surface area contributed by atoms with Crippen LogP contribution in [0.5, 0.6) is 0 Å². The van der Waals surface area contributed by atoms with E-state index in [2.05, 4.69) is 45.6 Å². The van der Waals surface area contributed by atoms with Crippen LogP contribution in [0.1, 0.15) is 125 Å². The fraction of sp³-hybridized carbons (Fsp3) is 0.917. The quantitative estimate of drug-likeness (QED) is 0.120. The molecule has 0 bridgehead atoms. The molecule has 0 radical (unpaired) electrons. The van der Waals surface area contributed by atoms with Crippen LogP contribution in [-0.2, 0) is 4.74 Å². The monoisotopic (exact) mass is 659 g/mol. The Labute approximate surface area is 282 Å². The molecule has 4 unspecified atom stereocenters. The molecule has 4 aliphatic carbocycles. The number of rotatable bonds is 15. The summed E-state index contributed by atoms with van der Waals surface area (Å²) in [6.45, 7) is 16.5. The summed E-state index contributed by atoms with van der Waals surface area (Å²) in [6.07, 6.45) is 17.5. The van der Waals surface area contributed by atoms with Crippen LogP contribution >= 0.6 is 24.8 Å². The van der Waals surface area contributed by atoms with E-state index >= 15 is 0 Å². The smallest absolute Gasteiger partial charge is 0.450 e. The van der Waals surface area contributed by atoms with Gasteiger partial charge in [0.25, 0.3) is 0 Å². The Morgan fingerprint density at radius 2 is 1.64 bits per heavy atom. The topological polar surface area (TPSA) is 102 Å². The lowest BCUT2D eigenvalue weighted by Crippen LogP contribution is -2.53. The van der Waals surface area contributed by atoms with Gasteiger partial charge in [-0.3, -0.25) is 0 Å². The van der Waals surface area contributed by atoms with Crippen LogP contribution in [0, 0.1) is 46.3 Å². The van der Waals surface area contributed by atoms with Gasteiger partial charge >= 0.3 is 6.16 Å². The molecule has 44 heavy (non-hydrogen) atoms. The van der Waals surface area contributed by atoms with Crippen molar-refractivity contribution in [3.8, 4) is 0 Å². The number of hydrogen-bond donors (Lipinski definition) is 3. The summed E-state index contributed by atoms with van der Waals surface area (Å²) >= 11 is 0. The van der Waals surface area contributed by atoms with Gasteiger partial charge in [-0.05, 0) is 130 Å². The summed E-state index contributed by atoms with van der Waals surface area (Å²) in [5.74, 6) is 4.85. The molecule has 6 nitrogen and oxygen atoms in total. The van der Waals surface area contributed by atoms with Gasteiger partial charge in [0.05, 0.1) is 0 Å². The molecule has 8 atom stereocenters. The normalized spacial score (nSPS) is 35.1. The van der Waals surface area contributed by atoms with E-state index < -0.39 is 11.8 Å². The molecule has 5 N–H and O–H groups in total. The van der Waals surface area contributed by atoms with E-state index in [0.29, 0.717) is 18.5 Å². The van der Waals surface area contributed by atoms with E-state index in [4.69, 9.17) is 16.2 Å². The second-order valence-corrected chi connectivity index (χ2v) is 15.9. The van der Waals surface area contributed by atoms with Crippen LogP contribution in [0.25, 0.3) is 0 Å². The number of allylic oxidation sites excluding steroid dienone is 1. The van der Waals surface area contributed by atoms with Crippen molar-refractivity contribution in [1.82, 2.24) is 4.90 Å². The van der Waals surface area contributed by atoms with Crippen molar-refractivity contribution >= 4 is 31.0 Å². The van der Waals surface area contributed by atoms with Crippen LogP contribution in [0.4, 0.5) is 4.79 Å². The van der Waals surface area contributed by atoms with Gasteiger partial charge in [0.15, 0.2) is 0 Å². The molecule has 0 spiro atoms. The Bertz CT molecular complexity index is 926. The summed E-state index contributed by atoms with van der Waals surface area (Å²) in [6, 6.07) is 0. The van der Waals surface area contributed by atoms with Crippen LogP contribution in [0.3, 0.4) is 0 Å². The third-order valence-electron chi connectivity index (χ3n) is 13.0. The van der Waals surface area contributed by atoms with Crippen molar-refractivity contribution in [2.24, 2.45) is 57.8 Å². The lowest BCUT2D eigenvalue weighted by molar-refractivity contribution is -0.0889. The van der Waals surface area contributed by atoms with Gasteiger partial charge in [-0.25, -0.2) is 4.79 Å². The van der Waals surface area contributed by atoms with Gasteiger partial charge < -0.3 is 26.2 Å². The van der Waals surface area contributed by atoms with Crippen molar-refractivity contribution in [1.29, 1.82) is 0 Å². The summed E-state index contributed by atoms with van der Waals surface area (Å²) in [5.41, 5.74) is 13.1. The molecule has 258 valence electrons. The fourth-order valence-electron chi connectivity index (χ4n) is 10.6. The maximum absolute atomic E-state index is 12.0. The molecular weight excluding hydrogens is 593 g/mol. The Kier molecular flexibility index (Phi) is 15.4. The van der Waals surface area contributed by atoms with Crippen LogP contribution in [0.15, 0.2) is 11.6 Å². The number of fused-ring (bicyclic) bond motifs is 5. The van der Waals surface area contributed by atoms with Gasteiger partial charge in [-0.2, -0.15) is 0 Å². The van der Waals surface area contributed by atoms with Gasteiger partial charge in [0.1, 0.15) is 5.60 Å². The summed E-state index contributed by atoms with van der Waals surface area (Å²) < 4.78 is 5.84. The highest BCUT2D eigenvalue weighted by atomic mass is 35.5. The first-order valence-electron chi connectivity index (χ1n) is 17.7.